The monoisotopic (exact) mass is 621 g/mol. The summed E-state index contributed by atoms with van der Waals surface area (Å²) in [5.74, 6) is -0.660. The lowest BCUT2D eigenvalue weighted by atomic mass is 10.0. The first kappa shape index (κ1) is 31.7. The minimum absolute atomic E-state index is 0.0830. The number of fused-ring (bicyclic) bond motifs is 1. The SMILES string of the molecule is Cn1c(=O)n(C2CCC(=O)N(COCC[Si](C)(C)C)C2=O)c2ccc(CN3CCN(C(=O)OCc4ccccc4)CC3)cc21. The van der Waals surface area contributed by atoms with Crippen LogP contribution in [-0.2, 0) is 39.3 Å². The minimum Gasteiger partial charge on any atom is -0.445 e. The number of piperidine rings is 1. The Morgan fingerprint density at radius 1 is 0.932 bits per heavy atom. The van der Waals surface area contributed by atoms with Crippen LogP contribution in [0, 0.1) is 0 Å². The van der Waals surface area contributed by atoms with Crippen LogP contribution in [0.1, 0.15) is 30.0 Å². The summed E-state index contributed by atoms with van der Waals surface area (Å²) in [6, 6.07) is 15.7. The van der Waals surface area contributed by atoms with Crippen molar-refractivity contribution in [1.29, 1.82) is 0 Å². The molecule has 2 aliphatic heterocycles. The van der Waals surface area contributed by atoms with Gasteiger partial charge in [0.05, 0.1) is 11.0 Å². The van der Waals surface area contributed by atoms with Crippen LogP contribution in [-0.4, -0.2) is 89.3 Å². The molecule has 0 radical (unpaired) electrons. The summed E-state index contributed by atoms with van der Waals surface area (Å²) in [5.41, 5.74) is 3.11. The number of rotatable bonds is 10. The fourth-order valence-electron chi connectivity index (χ4n) is 5.70. The number of hydrogen-bond donors (Lipinski definition) is 0. The summed E-state index contributed by atoms with van der Waals surface area (Å²) in [6.07, 6.45) is 0.157. The quantitative estimate of drug-likeness (QED) is 0.193. The van der Waals surface area contributed by atoms with E-state index in [1.165, 1.54) is 4.57 Å². The third-order valence-corrected chi connectivity index (χ3v) is 10.1. The molecule has 0 N–H and O–H groups in total. The third kappa shape index (κ3) is 7.31. The molecule has 44 heavy (non-hydrogen) atoms. The molecule has 0 bridgehead atoms. The van der Waals surface area contributed by atoms with Gasteiger partial charge in [-0.05, 0) is 35.7 Å². The fraction of sp³-hybridized carbons (Fsp3) is 0.500. The lowest BCUT2D eigenvalue weighted by Crippen LogP contribution is -2.48. The standard InChI is InChI=1S/C32H43N5O6Si/c1-33-28-20-25(21-34-14-16-35(17-15-34)32(41)43-22-24-8-6-5-7-9-24)10-11-26(28)37(31(33)40)27-12-13-29(38)36(30(27)39)23-42-18-19-44(2,3)4/h5-11,20,27H,12-19,21-23H2,1-4H3. The molecule has 1 unspecified atom stereocenters. The van der Waals surface area contributed by atoms with Gasteiger partial charge in [-0.25, -0.2) is 9.59 Å². The number of ether oxygens (including phenoxy) is 2. The first-order valence-electron chi connectivity index (χ1n) is 15.3. The molecule has 0 spiro atoms. The molecule has 2 aliphatic rings. The summed E-state index contributed by atoms with van der Waals surface area (Å²) in [5, 5.41) is 0. The normalized spacial score (nSPS) is 18.3. The predicted octanol–water partition coefficient (Wildman–Crippen LogP) is 3.80. The Bertz CT molecular complexity index is 1550. The van der Waals surface area contributed by atoms with Gasteiger partial charge in [0.2, 0.25) is 5.91 Å². The summed E-state index contributed by atoms with van der Waals surface area (Å²) in [6.45, 7) is 10.6. The number of amides is 3. The van der Waals surface area contributed by atoms with Crippen LogP contribution in [0.4, 0.5) is 4.79 Å². The van der Waals surface area contributed by atoms with E-state index >= 15 is 0 Å². The van der Waals surface area contributed by atoms with Crippen LogP contribution in [0.5, 0.6) is 0 Å². The van der Waals surface area contributed by atoms with E-state index in [4.69, 9.17) is 9.47 Å². The van der Waals surface area contributed by atoms with Crippen molar-refractivity contribution in [2.45, 2.75) is 57.7 Å². The predicted molar refractivity (Wildman–Crippen MR) is 170 cm³/mol. The van der Waals surface area contributed by atoms with Gasteiger partial charge >= 0.3 is 11.8 Å². The Labute approximate surface area is 258 Å². The third-order valence-electron chi connectivity index (χ3n) is 8.41. The van der Waals surface area contributed by atoms with Gasteiger partial charge in [0.25, 0.3) is 5.91 Å². The van der Waals surface area contributed by atoms with Gasteiger partial charge in [-0.2, -0.15) is 0 Å². The highest BCUT2D eigenvalue weighted by Crippen LogP contribution is 2.27. The van der Waals surface area contributed by atoms with E-state index in [0.717, 1.165) is 27.6 Å². The summed E-state index contributed by atoms with van der Waals surface area (Å²) in [7, 11) is 0.403. The Hall–Kier alpha value is -3.74. The average molecular weight is 622 g/mol. The first-order chi connectivity index (χ1) is 21.0. The highest BCUT2D eigenvalue weighted by molar-refractivity contribution is 6.76. The zero-order valence-electron chi connectivity index (χ0n) is 26.2. The van der Waals surface area contributed by atoms with Crippen molar-refractivity contribution in [3.05, 3.63) is 70.1 Å². The summed E-state index contributed by atoms with van der Waals surface area (Å²) in [4.78, 5) is 57.2. The molecule has 11 nitrogen and oxygen atoms in total. The molecule has 1 atom stereocenters. The van der Waals surface area contributed by atoms with Crippen molar-refractivity contribution in [3.8, 4) is 0 Å². The zero-order valence-corrected chi connectivity index (χ0v) is 27.2. The van der Waals surface area contributed by atoms with E-state index in [1.807, 2.05) is 48.5 Å². The lowest BCUT2D eigenvalue weighted by Gasteiger charge is -2.34. The first-order valence-corrected chi connectivity index (χ1v) is 19.0. The smallest absolute Gasteiger partial charge is 0.410 e. The van der Waals surface area contributed by atoms with E-state index in [0.29, 0.717) is 44.8 Å². The lowest BCUT2D eigenvalue weighted by molar-refractivity contribution is -0.157. The Morgan fingerprint density at radius 2 is 1.66 bits per heavy atom. The number of imidazole rings is 1. The maximum Gasteiger partial charge on any atom is 0.410 e. The van der Waals surface area contributed by atoms with Crippen LogP contribution < -0.4 is 5.69 Å². The van der Waals surface area contributed by atoms with Crippen LogP contribution in [0.15, 0.2) is 53.3 Å². The van der Waals surface area contributed by atoms with E-state index in [-0.39, 0.29) is 43.9 Å². The van der Waals surface area contributed by atoms with Crippen LogP contribution in [0.2, 0.25) is 25.7 Å². The number of imide groups is 1. The molecule has 2 saturated heterocycles. The number of carbonyl (C=O) groups is 3. The molecule has 0 saturated carbocycles. The topological polar surface area (TPSA) is 106 Å². The van der Waals surface area contributed by atoms with Gasteiger partial charge in [-0.15, -0.1) is 0 Å². The zero-order chi connectivity index (χ0) is 31.4. The Morgan fingerprint density at radius 3 is 2.36 bits per heavy atom. The van der Waals surface area contributed by atoms with Crippen molar-refractivity contribution in [3.63, 3.8) is 0 Å². The highest BCUT2D eigenvalue weighted by atomic mass is 28.3. The van der Waals surface area contributed by atoms with Gasteiger partial charge < -0.3 is 14.4 Å². The highest BCUT2D eigenvalue weighted by Gasteiger charge is 2.37. The van der Waals surface area contributed by atoms with Gasteiger partial charge in [0.15, 0.2) is 0 Å². The number of aryl methyl sites for hydroxylation is 1. The second-order valence-electron chi connectivity index (χ2n) is 12.9. The van der Waals surface area contributed by atoms with E-state index in [2.05, 4.69) is 24.5 Å². The molecule has 3 amide bonds. The molecular formula is C32H43N5O6Si. The molecule has 236 valence electrons. The second kappa shape index (κ2) is 13.5. The van der Waals surface area contributed by atoms with Gasteiger partial charge in [0, 0.05) is 60.9 Å². The van der Waals surface area contributed by atoms with Crippen molar-refractivity contribution in [2.24, 2.45) is 7.05 Å². The van der Waals surface area contributed by atoms with Gasteiger partial charge in [0.1, 0.15) is 19.4 Å². The fourth-order valence-corrected chi connectivity index (χ4v) is 6.45. The van der Waals surface area contributed by atoms with Crippen molar-refractivity contribution < 1.29 is 23.9 Å². The number of benzene rings is 2. The average Bonchev–Trinajstić information content (AvgIpc) is 3.24. The number of hydrogen-bond acceptors (Lipinski definition) is 7. The molecular weight excluding hydrogens is 578 g/mol. The van der Waals surface area contributed by atoms with E-state index in [9.17, 15) is 19.2 Å². The minimum atomic E-state index is -1.31. The van der Waals surface area contributed by atoms with Crippen molar-refractivity contribution in [2.75, 3.05) is 39.5 Å². The maximum absolute atomic E-state index is 13.5. The summed E-state index contributed by atoms with van der Waals surface area (Å²) < 4.78 is 14.3. The number of piperazine rings is 1. The number of nitrogens with zero attached hydrogens (tertiary/aromatic N) is 5. The van der Waals surface area contributed by atoms with Crippen LogP contribution in [0.3, 0.4) is 0 Å². The molecule has 1 aromatic heterocycles. The molecule has 5 rings (SSSR count). The molecule has 3 heterocycles. The van der Waals surface area contributed by atoms with E-state index in [1.54, 1.807) is 16.5 Å². The van der Waals surface area contributed by atoms with Crippen LogP contribution in [0.25, 0.3) is 11.0 Å². The van der Waals surface area contributed by atoms with Crippen molar-refractivity contribution >= 4 is 37.0 Å². The summed E-state index contributed by atoms with van der Waals surface area (Å²) >= 11 is 0. The number of aromatic nitrogens is 2. The van der Waals surface area contributed by atoms with Gasteiger partial charge in [-0.3, -0.25) is 28.5 Å². The number of likely N-dealkylation sites (tertiary alicyclic amines) is 1. The van der Waals surface area contributed by atoms with Crippen molar-refractivity contribution in [1.82, 2.24) is 23.8 Å². The van der Waals surface area contributed by atoms with Crippen LogP contribution >= 0.6 is 0 Å². The molecule has 3 aromatic rings. The maximum atomic E-state index is 13.5. The van der Waals surface area contributed by atoms with Gasteiger partial charge in [-0.1, -0.05) is 56.0 Å². The van der Waals surface area contributed by atoms with E-state index < -0.39 is 20.0 Å². The Kier molecular flexibility index (Phi) is 9.71. The second-order valence-corrected chi connectivity index (χ2v) is 18.5. The largest absolute Gasteiger partial charge is 0.445 e. The molecule has 2 aromatic carbocycles. The number of carbonyl (C=O) groups excluding carboxylic acids is 3. The molecule has 2 fully saturated rings. The molecule has 12 heteroatoms. The Balaban J connectivity index is 1.21. The molecule has 0 aliphatic carbocycles.